The van der Waals surface area contributed by atoms with E-state index < -0.39 is 0 Å². The summed E-state index contributed by atoms with van der Waals surface area (Å²) in [6.07, 6.45) is 9.12. The lowest BCUT2D eigenvalue weighted by molar-refractivity contribution is -0.131. The van der Waals surface area contributed by atoms with Gasteiger partial charge in [-0.05, 0) is 25.0 Å². The second kappa shape index (κ2) is 5.55. The Morgan fingerprint density at radius 2 is 2.59 bits per heavy atom. The number of likely N-dealkylation sites (tertiary alicyclic amines) is 1. The number of nitrogens with one attached hydrogen (secondary N) is 2. The van der Waals surface area contributed by atoms with Gasteiger partial charge >= 0.3 is 0 Å². The molecule has 90 valence electrons. The zero-order valence-electron chi connectivity index (χ0n) is 9.78. The van der Waals surface area contributed by atoms with E-state index in [-0.39, 0.29) is 11.9 Å². The fourth-order valence-electron chi connectivity index (χ4n) is 2.28. The molecule has 2 heterocycles. The van der Waals surface area contributed by atoms with Gasteiger partial charge in [-0.1, -0.05) is 5.92 Å². The topological polar surface area (TPSA) is 48.1 Å². The summed E-state index contributed by atoms with van der Waals surface area (Å²) in [6, 6.07) is 4.20. The van der Waals surface area contributed by atoms with Gasteiger partial charge in [0.05, 0.1) is 19.1 Å². The second-order valence-electron chi connectivity index (χ2n) is 4.18. The SMILES string of the molecule is C#CCNCC(=O)N1CCCC1c1ccc[nH]1. The van der Waals surface area contributed by atoms with Gasteiger partial charge in [-0.3, -0.25) is 10.1 Å². The molecule has 0 aliphatic carbocycles. The number of terminal acetylenes is 1. The molecule has 1 unspecified atom stereocenters. The number of hydrogen-bond donors (Lipinski definition) is 2. The highest BCUT2D eigenvalue weighted by atomic mass is 16.2. The fourth-order valence-corrected chi connectivity index (χ4v) is 2.28. The van der Waals surface area contributed by atoms with Crippen LogP contribution in [0.5, 0.6) is 0 Å². The van der Waals surface area contributed by atoms with Crippen LogP contribution in [0, 0.1) is 12.3 Å². The number of carbonyl (C=O) groups is 1. The van der Waals surface area contributed by atoms with E-state index >= 15 is 0 Å². The van der Waals surface area contributed by atoms with E-state index in [9.17, 15) is 4.79 Å². The van der Waals surface area contributed by atoms with Crippen molar-refractivity contribution in [3.05, 3.63) is 24.0 Å². The van der Waals surface area contributed by atoms with Crippen molar-refractivity contribution in [1.82, 2.24) is 15.2 Å². The summed E-state index contributed by atoms with van der Waals surface area (Å²) >= 11 is 0. The molecule has 1 aromatic rings. The third kappa shape index (κ3) is 2.69. The van der Waals surface area contributed by atoms with E-state index in [2.05, 4.69) is 16.2 Å². The Bertz CT molecular complexity index is 405. The zero-order chi connectivity index (χ0) is 12.1. The van der Waals surface area contributed by atoms with Crippen LogP contribution in [0.3, 0.4) is 0 Å². The van der Waals surface area contributed by atoms with E-state index in [0.717, 1.165) is 25.1 Å². The van der Waals surface area contributed by atoms with Gasteiger partial charge in [0.15, 0.2) is 0 Å². The van der Waals surface area contributed by atoms with Crippen LogP contribution in [0.25, 0.3) is 0 Å². The summed E-state index contributed by atoms with van der Waals surface area (Å²) in [5.41, 5.74) is 1.12. The minimum Gasteiger partial charge on any atom is -0.363 e. The molecule has 0 aromatic carbocycles. The Morgan fingerprint density at radius 3 is 3.29 bits per heavy atom. The lowest BCUT2D eigenvalue weighted by Crippen LogP contribution is -2.38. The lowest BCUT2D eigenvalue weighted by Gasteiger charge is -2.24. The largest absolute Gasteiger partial charge is 0.363 e. The Balaban J connectivity index is 1.95. The summed E-state index contributed by atoms with van der Waals surface area (Å²) in [5.74, 6) is 2.59. The maximum Gasteiger partial charge on any atom is 0.237 e. The van der Waals surface area contributed by atoms with Crippen LogP contribution in [0.1, 0.15) is 24.6 Å². The minimum atomic E-state index is 0.123. The van der Waals surface area contributed by atoms with Crippen LogP contribution in [0.2, 0.25) is 0 Å². The maximum absolute atomic E-state index is 12.0. The van der Waals surface area contributed by atoms with Gasteiger partial charge in [-0.25, -0.2) is 0 Å². The smallest absolute Gasteiger partial charge is 0.237 e. The molecule has 1 aliphatic heterocycles. The van der Waals surface area contributed by atoms with E-state index in [4.69, 9.17) is 6.42 Å². The van der Waals surface area contributed by atoms with Crippen molar-refractivity contribution in [2.45, 2.75) is 18.9 Å². The fraction of sp³-hybridized carbons (Fsp3) is 0.462. The monoisotopic (exact) mass is 231 g/mol. The number of amides is 1. The van der Waals surface area contributed by atoms with Gasteiger partial charge in [-0.2, -0.15) is 0 Å². The summed E-state index contributed by atoms with van der Waals surface area (Å²) in [6.45, 7) is 1.59. The van der Waals surface area contributed by atoms with Crippen LogP contribution in [-0.4, -0.2) is 35.4 Å². The van der Waals surface area contributed by atoms with Crippen LogP contribution in [0.15, 0.2) is 18.3 Å². The van der Waals surface area contributed by atoms with Gasteiger partial charge in [0.25, 0.3) is 0 Å². The van der Waals surface area contributed by atoms with E-state index in [0.29, 0.717) is 13.1 Å². The first-order chi connectivity index (χ1) is 8.33. The molecule has 1 fully saturated rings. The molecule has 17 heavy (non-hydrogen) atoms. The normalized spacial score (nSPS) is 19.2. The minimum absolute atomic E-state index is 0.123. The molecule has 2 N–H and O–H groups in total. The molecule has 0 spiro atoms. The molecule has 4 nitrogen and oxygen atoms in total. The van der Waals surface area contributed by atoms with Gasteiger partial charge in [0, 0.05) is 18.4 Å². The van der Waals surface area contributed by atoms with Crippen LogP contribution in [-0.2, 0) is 4.79 Å². The van der Waals surface area contributed by atoms with Gasteiger partial charge in [0.2, 0.25) is 5.91 Å². The third-order valence-electron chi connectivity index (χ3n) is 3.06. The van der Waals surface area contributed by atoms with Gasteiger partial charge in [-0.15, -0.1) is 6.42 Å². The molecule has 1 atom stereocenters. The van der Waals surface area contributed by atoms with E-state index in [1.807, 2.05) is 23.2 Å². The number of aromatic amines is 1. The Labute approximate surface area is 101 Å². The first-order valence-corrected chi connectivity index (χ1v) is 5.90. The van der Waals surface area contributed by atoms with Crippen LogP contribution < -0.4 is 5.32 Å². The third-order valence-corrected chi connectivity index (χ3v) is 3.06. The molecule has 1 aliphatic rings. The van der Waals surface area contributed by atoms with Crippen molar-refractivity contribution in [3.8, 4) is 12.3 Å². The standard InChI is InChI=1S/C13H17N3O/c1-2-7-14-10-13(17)16-9-4-6-12(16)11-5-3-8-15-11/h1,3,5,8,12,14-15H,4,6-7,9-10H2. The molecule has 0 radical (unpaired) electrons. The quantitative estimate of drug-likeness (QED) is 0.597. The number of hydrogen-bond acceptors (Lipinski definition) is 2. The van der Waals surface area contributed by atoms with E-state index in [1.54, 1.807) is 0 Å². The predicted molar refractivity (Wildman–Crippen MR) is 66.2 cm³/mol. The summed E-state index contributed by atoms with van der Waals surface area (Å²) < 4.78 is 0. The van der Waals surface area contributed by atoms with Crippen molar-refractivity contribution in [2.24, 2.45) is 0 Å². The van der Waals surface area contributed by atoms with Gasteiger partial charge in [0.1, 0.15) is 0 Å². The molecule has 4 heteroatoms. The highest BCUT2D eigenvalue weighted by Gasteiger charge is 2.29. The Kier molecular flexibility index (Phi) is 3.84. The van der Waals surface area contributed by atoms with Crippen molar-refractivity contribution < 1.29 is 4.79 Å². The number of aromatic nitrogens is 1. The van der Waals surface area contributed by atoms with Crippen molar-refractivity contribution in [2.75, 3.05) is 19.6 Å². The summed E-state index contributed by atoms with van der Waals surface area (Å²) in [4.78, 5) is 17.1. The Hall–Kier alpha value is -1.73. The molecule has 0 saturated carbocycles. The summed E-state index contributed by atoms with van der Waals surface area (Å²) in [7, 11) is 0. The van der Waals surface area contributed by atoms with E-state index in [1.165, 1.54) is 0 Å². The molecule has 0 bridgehead atoms. The summed E-state index contributed by atoms with van der Waals surface area (Å²) in [5, 5.41) is 2.94. The average molecular weight is 231 g/mol. The zero-order valence-corrected chi connectivity index (χ0v) is 9.78. The average Bonchev–Trinajstić information content (AvgIpc) is 2.99. The Morgan fingerprint density at radius 1 is 1.71 bits per heavy atom. The molecule has 2 rings (SSSR count). The first-order valence-electron chi connectivity index (χ1n) is 5.90. The highest BCUT2D eigenvalue weighted by Crippen LogP contribution is 2.30. The predicted octanol–water partition coefficient (Wildman–Crippen LogP) is 0.901. The van der Waals surface area contributed by atoms with Crippen LogP contribution in [0.4, 0.5) is 0 Å². The molecular weight excluding hydrogens is 214 g/mol. The molecular formula is C13H17N3O. The molecule has 1 saturated heterocycles. The lowest BCUT2D eigenvalue weighted by atomic mass is 10.1. The molecule has 1 amide bonds. The first kappa shape index (κ1) is 11.7. The van der Waals surface area contributed by atoms with Gasteiger partial charge < -0.3 is 9.88 Å². The van der Waals surface area contributed by atoms with Crippen molar-refractivity contribution in [1.29, 1.82) is 0 Å². The number of H-pyrrole nitrogens is 1. The number of rotatable bonds is 4. The van der Waals surface area contributed by atoms with Crippen LogP contribution >= 0.6 is 0 Å². The van der Waals surface area contributed by atoms with Crippen molar-refractivity contribution >= 4 is 5.91 Å². The maximum atomic E-state index is 12.0. The second-order valence-corrected chi connectivity index (χ2v) is 4.18. The number of nitrogens with zero attached hydrogens (tertiary/aromatic N) is 1. The highest BCUT2D eigenvalue weighted by molar-refractivity contribution is 5.79. The number of carbonyl (C=O) groups excluding carboxylic acids is 1. The molecule has 1 aromatic heterocycles. The van der Waals surface area contributed by atoms with Crippen molar-refractivity contribution in [3.63, 3.8) is 0 Å².